The van der Waals surface area contributed by atoms with E-state index in [1.54, 1.807) is 19.2 Å². The van der Waals surface area contributed by atoms with Gasteiger partial charge in [0, 0.05) is 13.1 Å². The zero-order valence-corrected chi connectivity index (χ0v) is 18.3. The van der Waals surface area contributed by atoms with Crippen LogP contribution < -0.4 is 10.1 Å². The minimum atomic E-state index is -0.303. The highest BCUT2D eigenvalue weighted by Crippen LogP contribution is 2.25. The number of aryl methyl sites for hydroxylation is 2. The molecule has 0 unspecified atom stereocenters. The van der Waals surface area contributed by atoms with Crippen LogP contribution in [0.1, 0.15) is 37.1 Å². The predicted octanol–water partition coefficient (Wildman–Crippen LogP) is 3.86. The SMILES string of the molecule is COc1c(C)cc(CN(C)Cc2nnc(C(=O)NCc3ccc(F)cc3)s2)cc1C. The number of carbonyl (C=O) groups excluding carboxylic acids is 1. The van der Waals surface area contributed by atoms with Crippen LogP contribution in [0, 0.1) is 19.7 Å². The number of aromatic nitrogens is 2. The maximum atomic E-state index is 13.0. The first kappa shape index (κ1) is 21.9. The van der Waals surface area contributed by atoms with E-state index in [0.717, 1.165) is 34.0 Å². The average molecular weight is 429 g/mol. The second kappa shape index (κ2) is 9.77. The van der Waals surface area contributed by atoms with Crippen molar-refractivity contribution in [1.29, 1.82) is 0 Å². The molecule has 0 spiro atoms. The zero-order valence-electron chi connectivity index (χ0n) is 17.5. The number of hydrogen-bond donors (Lipinski definition) is 1. The fourth-order valence-corrected chi connectivity index (χ4v) is 4.16. The molecular weight excluding hydrogens is 403 g/mol. The Morgan fingerprint density at radius 2 is 1.77 bits per heavy atom. The van der Waals surface area contributed by atoms with Gasteiger partial charge in [-0.2, -0.15) is 0 Å². The first-order valence-electron chi connectivity index (χ1n) is 9.53. The maximum Gasteiger partial charge on any atom is 0.282 e. The highest BCUT2D eigenvalue weighted by atomic mass is 32.1. The summed E-state index contributed by atoms with van der Waals surface area (Å²) < 4.78 is 18.4. The summed E-state index contributed by atoms with van der Waals surface area (Å²) in [6.45, 7) is 5.72. The highest BCUT2D eigenvalue weighted by molar-refractivity contribution is 7.13. The van der Waals surface area contributed by atoms with Gasteiger partial charge in [-0.1, -0.05) is 35.6 Å². The van der Waals surface area contributed by atoms with Gasteiger partial charge in [0.25, 0.3) is 5.91 Å². The number of carbonyl (C=O) groups is 1. The van der Waals surface area contributed by atoms with Gasteiger partial charge in [-0.3, -0.25) is 9.69 Å². The summed E-state index contributed by atoms with van der Waals surface area (Å²) in [4.78, 5) is 14.4. The minimum Gasteiger partial charge on any atom is -0.496 e. The average Bonchev–Trinajstić information content (AvgIpc) is 3.15. The van der Waals surface area contributed by atoms with Crippen molar-refractivity contribution in [3.05, 3.63) is 74.5 Å². The molecule has 2 aromatic carbocycles. The molecule has 3 aromatic rings. The molecule has 0 fully saturated rings. The lowest BCUT2D eigenvalue weighted by Gasteiger charge is -2.17. The lowest BCUT2D eigenvalue weighted by molar-refractivity contribution is 0.0950. The molecule has 0 saturated carbocycles. The van der Waals surface area contributed by atoms with E-state index in [0.29, 0.717) is 18.1 Å². The van der Waals surface area contributed by atoms with Gasteiger partial charge < -0.3 is 10.1 Å². The summed E-state index contributed by atoms with van der Waals surface area (Å²) in [6.07, 6.45) is 0. The van der Waals surface area contributed by atoms with Gasteiger partial charge in [-0.15, -0.1) is 10.2 Å². The summed E-state index contributed by atoms with van der Waals surface area (Å²) in [5, 5.41) is 12.0. The number of benzene rings is 2. The molecule has 0 aliphatic rings. The molecule has 0 radical (unpaired) electrons. The third-order valence-electron chi connectivity index (χ3n) is 4.61. The van der Waals surface area contributed by atoms with Gasteiger partial charge in [0.15, 0.2) is 0 Å². The van der Waals surface area contributed by atoms with Crippen LogP contribution in [-0.4, -0.2) is 35.2 Å². The quantitative estimate of drug-likeness (QED) is 0.590. The van der Waals surface area contributed by atoms with Gasteiger partial charge in [0.05, 0.1) is 13.7 Å². The van der Waals surface area contributed by atoms with Crippen LogP contribution in [0.4, 0.5) is 4.39 Å². The fourth-order valence-electron chi connectivity index (χ4n) is 3.32. The van der Waals surface area contributed by atoms with Crippen molar-refractivity contribution in [2.45, 2.75) is 33.5 Å². The Balaban J connectivity index is 1.55. The van der Waals surface area contributed by atoms with E-state index in [-0.39, 0.29) is 11.7 Å². The first-order valence-corrected chi connectivity index (χ1v) is 10.3. The molecule has 158 valence electrons. The molecule has 1 amide bonds. The van der Waals surface area contributed by atoms with Crippen molar-refractivity contribution < 1.29 is 13.9 Å². The standard InChI is InChI=1S/C22H25FN4O2S/c1-14-9-17(10-15(2)20(14)29-4)12-27(3)13-19-25-26-22(30-19)21(28)24-11-16-5-7-18(23)8-6-16/h5-10H,11-13H2,1-4H3,(H,24,28). The highest BCUT2D eigenvalue weighted by Gasteiger charge is 2.14. The van der Waals surface area contributed by atoms with E-state index in [4.69, 9.17) is 4.74 Å². The molecule has 1 heterocycles. The number of rotatable bonds is 8. The van der Waals surface area contributed by atoms with Gasteiger partial charge in [-0.25, -0.2) is 4.39 Å². The van der Waals surface area contributed by atoms with Crippen molar-refractivity contribution in [2.75, 3.05) is 14.2 Å². The molecule has 6 nitrogen and oxygen atoms in total. The fraction of sp³-hybridized carbons (Fsp3) is 0.318. The van der Waals surface area contributed by atoms with Crippen molar-refractivity contribution >= 4 is 17.2 Å². The molecule has 0 aliphatic carbocycles. The largest absolute Gasteiger partial charge is 0.496 e. The number of amides is 1. The normalized spacial score (nSPS) is 11.0. The third-order valence-corrected chi connectivity index (χ3v) is 5.52. The molecule has 0 atom stereocenters. The van der Waals surface area contributed by atoms with E-state index in [1.807, 2.05) is 20.9 Å². The Labute approximate surface area is 179 Å². The summed E-state index contributed by atoms with van der Waals surface area (Å²) >= 11 is 1.27. The molecule has 0 bridgehead atoms. The lowest BCUT2D eigenvalue weighted by Crippen LogP contribution is -2.22. The van der Waals surface area contributed by atoms with E-state index < -0.39 is 0 Å². The van der Waals surface area contributed by atoms with Gasteiger partial charge in [0.1, 0.15) is 16.6 Å². The van der Waals surface area contributed by atoms with E-state index >= 15 is 0 Å². The van der Waals surface area contributed by atoms with Crippen LogP contribution in [0.2, 0.25) is 0 Å². The minimum absolute atomic E-state index is 0.285. The van der Waals surface area contributed by atoms with E-state index in [9.17, 15) is 9.18 Å². The number of halogens is 1. The van der Waals surface area contributed by atoms with Gasteiger partial charge in [-0.05, 0) is 55.3 Å². The maximum absolute atomic E-state index is 13.0. The monoisotopic (exact) mass is 428 g/mol. The van der Waals surface area contributed by atoms with Crippen LogP contribution in [0.5, 0.6) is 5.75 Å². The molecule has 8 heteroatoms. The summed E-state index contributed by atoms with van der Waals surface area (Å²) in [7, 11) is 3.69. The number of nitrogens with one attached hydrogen (secondary N) is 1. The molecule has 1 aromatic heterocycles. The van der Waals surface area contributed by atoms with Crippen molar-refractivity contribution in [2.24, 2.45) is 0 Å². The number of ether oxygens (including phenoxy) is 1. The van der Waals surface area contributed by atoms with Crippen LogP contribution in [0.3, 0.4) is 0 Å². The molecule has 0 saturated heterocycles. The molecule has 30 heavy (non-hydrogen) atoms. The molecular formula is C22H25FN4O2S. The Kier molecular flexibility index (Phi) is 7.12. The molecule has 0 aliphatic heterocycles. The van der Waals surface area contributed by atoms with Crippen molar-refractivity contribution in [3.63, 3.8) is 0 Å². The summed E-state index contributed by atoms with van der Waals surface area (Å²) in [6, 6.07) is 10.3. The number of hydrogen-bond acceptors (Lipinski definition) is 6. The second-order valence-corrected chi connectivity index (χ2v) is 8.31. The Hall–Kier alpha value is -2.84. The Bertz CT molecular complexity index is 997. The zero-order chi connectivity index (χ0) is 21.7. The van der Waals surface area contributed by atoms with Crippen LogP contribution >= 0.6 is 11.3 Å². The number of methoxy groups -OCH3 is 1. The smallest absolute Gasteiger partial charge is 0.282 e. The molecule has 1 N–H and O–H groups in total. The van der Waals surface area contributed by atoms with Crippen LogP contribution in [0.15, 0.2) is 36.4 Å². The van der Waals surface area contributed by atoms with E-state index in [2.05, 4.69) is 32.5 Å². The lowest BCUT2D eigenvalue weighted by atomic mass is 10.1. The summed E-state index contributed by atoms with van der Waals surface area (Å²) in [5.74, 6) is 0.330. The predicted molar refractivity (Wildman–Crippen MR) is 115 cm³/mol. The van der Waals surface area contributed by atoms with Crippen molar-refractivity contribution in [1.82, 2.24) is 20.4 Å². The van der Waals surface area contributed by atoms with Crippen LogP contribution in [0.25, 0.3) is 0 Å². The van der Waals surface area contributed by atoms with Gasteiger partial charge >= 0.3 is 0 Å². The van der Waals surface area contributed by atoms with E-state index in [1.165, 1.54) is 29.0 Å². The Morgan fingerprint density at radius 1 is 1.10 bits per heavy atom. The van der Waals surface area contributed by atoms with Gasteiger partial charge in [0.2, 0.25) is 5.01 Å². The first-order chi connectivity index (χ1) is 14.4. The topological polar surface area (TPSA) is 67.3 Å². The van der Waals surface area contributed by atoms with Crippen LogP contribution in [-0.2, 0) is 19.6 Å². The molecule has 3 rings (SSSR count). The summed E-state index contributed by atoms with van der Waals surface area (Å²) in [5.41, 5.74) is 4.23. The van der Waals surface area contributed by atoms with Crippen molar-refractivity contribution in [3.8, 4) is 5.75 Å². The number of nitrogens with zero attached hydrogens (tertiary/aromatic N) is 3. The second-order valence-electron chi connectivity index (χ2n) is 7.25. The Morgan fingerprint density at radius 3 is 2.40 bits per heavy atom. The third kappa shape index (κ3) is 5.61.